The Morgan fingerprint density at radius 1 is 1.37 bits per heavy atom. The van der Waals surface area contributed by atoms with E-state index in [1.165, 1.54) is 19.3 Å². The lowest BCUT2D eigenvalue weighted by molar-refractivity contribution is -0.0768. The van der Waals surface area contributed by atoms with Crippen LogP contribution in [0, 0.1) is 6.92 Å². The van der Waals surface area contributed by atoms with Gasteiger partial charge in [0.15, 0.2) is 5.82 Å². The molecule has 4 heteroatoms. The van der Waals surface area contributed by atoms with Gasteiger partial charge in [0, 0.05) is 24.1 Å². The highest BCUT2D eigenvalue weighted by molar-refractivity contribution is 5.20. The van der Waals surface area contributed by atoms with Gasteiger partial charge in [0.05, 0.1) is 6.10 Å². The third-order valence-electron chi connectivity index (χ3n) is 3.96. The van der Waals surface area contributed by atoms with Crippen LogP contribution in [0.25, 0.3) is 0 Å². The van der Waals surface area contributed by atoms with Gasteiger partial charge in [0.1, 0.15) is 5.60 Å². The van der Waals surface area contributed by atoms with Gasteiger partial charge < -0.3 is 9.84 Å². The standard InChI is InChI=1S/C15H24N2O2/c1-4-19-15(8-6-5-7-9-15)14-16-10-13(12(3)18)11(2)17-14/h10,12,18H,4-9H2,1-3H3. The summed E-state index contributed by atoms with van der Waals surface area (Å²) in [5.41, 5.74) is 1.34. The second-order valence-electron chi connectivity index (χ2n) is 5.40. The van der Waals surface area contributed by atoms with Gasteiger partial charge in [0.2, 0.25) is 0 Å². The minimum Gasteiger partial charge on any atom is -0.389 e. The molecule has 0 radical (unpaired) electrons. The van der Waals surface area contributed by atoms with Crippen molar-refractivity contribution in [1.82, 2.24) is 9.97 Å². The lowest BCUT2D eigenvalue weighted by Gasteiger charge is -2.35. The Balaban J connectivity index is 2.34. The molecule has 1 N–H and O–H groups in total. The van der Waals surface area contributed by atoms with Crippen LogP contribution in [0.5, 0.6) is 0 Å². The van der Waals surface area contributed by atoms with E-state index < -0.39 is 6.10 Å². The van der Waals surface area contributed by atoms with E-state index in [1.54, 1.807) is 13.1 Å². The SMILES string of the molecule is CCOC1(c2ncc(C(C)O)c(C)n2)CCCCC1. The first-order valence-corrected chi connectivity index (χ1v) is 7.25. The topological polar surface area (TPSA) is 55.2 Å². The Hall–Kier alpha value is -1.00. The second-order valence-corrected chi connectivity index (χ2v) is 5.40. The number of rotatable bonds is 4. The van der Waals surface area contributed by atoms with Crippen molar-refractivity contribution in [3.63, 3.8) is 0 Å². The molecule has 1 heterocycles. The molecule has 1 aliphatic rings. The molecule has 1 fully saturated rings. The predicted molar refractivity (Wildman–Crippen MR) is 73.8 cm³/mol. The van der Waals surface area contributed by atoms with Gasteiger partial charge in [-0.2, -0.15) is 0 Å². The molecule has 0 spiro atoms. The minimum absolute atomic E-state index is 0.311. The number of aryl methyl sites for hydroxylation is 1. The molecule has 1 aliphatic carbocycles. The molecular formula is C15H24N2O2. The molecular weight excluding hydrogens is 240 g/mol. The molecule has 0 bridgehead atoms. The predicted octanol–water partition coefficient (Wildman–Crippen LogP) is 3.03. The summed E-state index contributed by atoms with van der Waals surface area (Å²) in [6.45, 7) is 6.37. The van der Waals surface area contributed by atoms with Crippen LogP contribution in [-0.4, -0.2) is 21.7 Å². The highest BCUT2D eigenvalue weighted by atomic mass is 16.5. The number of ether oxygens (including phenoxy) is 1. The average Bonchev–Trinajstić information content (AvgIpc) is 2.39. The van der Waals surface area contributed by atoms with Crippen molar-refractivity contribution in [3.05, 3.63) is 23.3 Å². The number of aromatic nitrogens is 2. The number of aliphatic hydroxyl groups is 1. The fraction of sp³-hybridized carbons (Fsp3) is 0.733. The van der Waals surface area contributed by atoms with Gasteiger partial charge >= 0.3 is 0 Å². The van der Waals surface area contributed by atoms with Gasteiger partial charge in [0.25, 0.3) is 0 Å². The van der Waals surface area contributed by atoms with E-state index in [0.717, 1.165) is 29.9 Å². The van der Waals surface area contributed by atoms with Crippen LogP contribution in [-0.2, 0) is 10.3 Å². The Kier molecular flexibility index (Phi) is 4.53. The third-order valence-corrected chi connectivity index (χ3v) is 3.96. The second kappa shape index (κ2) is 5.97. The van der Waals surface area contributed by atoms with Crippen LogP contribution in [0.1, 0.15) is 69.1 Å². The van der Waals surface area contributed by atoms with E-state index in [0.29, 0.717) is 6.61 Å². The van der Waals surface area contributed by atoms with Crippen molar-refractivity contribution in [3.8, 4) is 0 Å². The minimum atomic E-state index is -0.525. The van der Waals surface area contributed by atoms with Crippen LogP contribution >= 0.6 is 0 Å². The number of nitrogens with zero attached hydrogens (tertiary/aromatic N) is 2. The molecule has 0 amide bonds. The molecule has 0 saturated heterocycles. The van der Waals surface area contributed by atoms with E-state index in [2.05, 4.69) is 9.97 Å². The summed E-state index contributed by atoms with van der Waals surface area (Å²) in [6.07, 6.45) is 6.81. The zero-order valence-corrected chi connectivity index (χ0v) is 12.1. The van der Waals surface area contributed by atoms with Crippen molar-refractivity contribution in [2.24, 2.45) is 0 Å². The molecule has 1 aromatic rings. The fourth-order valence-corrected chi connectivity index (χ4v) is 2.94. The number of hydrogen-bond acceptors (Lipinski definition) is 4. The summed E-state index contributed by atoms with van der Waals surface area (Å²) in [5.74, 6) is 0.788. The van der Waals surface area contributed by atoms with Crippen molar-refractivity contribution in [1.29, 1.82) is 0 Å². The maximum absolute atomic E-state index is 9.66. The van der Waals surface area contributed by atoms with Crippen molar-refractivity contribution in [2.45, 2.75) is 64.6 Å². The molecule has 106 valence electrons. The maximum Gasteiger partial charge on any atom is 0.160 e. The quantitative estimate of drug-likeness (QED) is 0.908. The van der Waals surface area contributed by atoms with Crippen molar-refractivity contribution < 1.29 is 9.84 Å². The van der Waals surface area contributed by atoms with Gasteiger partial charge in [-0.25, -0.2) is 9.97 Å². The monoisotopic (exact) mass is 264 g/mol. The van der Waals surface area contributed by atoms with E-state index in [9.17, 15) is 5.11 Å². The first-order chi connectivity index (χ1) is 9.09. The number of aliphatic hydroxyl groups excluding tert-OH is 1. The van der Waals surface area contributed by atoms with Crippen molar-refractivity contribution in [2.75, 3.05) is 6.61 Å². The average molecular weight is 264 g/mol. The maximum atomic E-state index is 9.66. The Morgan fingerprint density at radius 2 is 2.05 bits per heavy atom. The van der Waals surface area contributed by atoms with Crippen molar-refractivity contribution >= 4 is 0 Å². The molecule has 19 heavy (non-hydrogen) atoms. The van der Waals surface area contributed by atoms with Crippen LogP contribution < -0.4 is 0 Å². The Labute approximate surface area is 115 Å². The van der Waals surface area contributed by atoms with E-state index in [1.807, 2.05) is 13.8 Å². The van der Waals surface area contributed by atoms with Crippen LogP contribution in [0.2, 0.25) is 0 Å². The van der Waals surface area contributed by atoms with E-state index in [4.69, 9.17) is 4.74 Å². The first-order valence-electron chi connectivity index (χ1n) is 7.25. The fourth-order valence-electron chi connectivity index (χ4n) is 2.94. The first kappa shape index (κ1) is 14.4. The van der Waals surface area contributed by atoms with Gasteiger partial charge in [-0.1, -0.05) is 19.3 Å². The molecule has 2 rings (SSSR count). The van der Waals surface area contributed by atoms with Crippen LogP contribution in [0.3, 0.4) is 0 Å². The summed E-state index contributed by atoms with van der Waals surface area (Å²) in [4.78, 5) is 9.09. The molecule has 1 aromatic heterocycles. The van der Waals surface area contributed by atoms with Gasteiger partial charge in [-0.3, -0.25) is 0 Å². The third kappa shape index (κ3) is 2.95. The lowest BCUT2D eigenvalue weighted by Crippen LogP contribution is -2.34. The summed E-state index contributed by atoms with van der Waals surface area (Å²) in [5, 5.41) is 9.66. The normalized spacial score (nSPS) is 20.2. The highest BCUT2D eigenvalue weighted by Gasteiger charge is 2.37. The largest absolute Gasteiger partial charge is 0.389 e. The highest BCUT2D eigenvalue weighted by Crippen LogP contribution is 2.39. The number of hydrogen-bond donors (Lipinski definition) is 1. The zero-order valence-electron chi connectivity index (χ0n) is 12.1. The summed E-state index contributed by atoms with van der Waals surface area (Å²) in [6, 6.07) is 0. The van der Waals surface area contributed by atoms with E-state index in [-0.39, 0.29) is 5.60 Å². The lowest BCUT2D eigenvalue weighted by atomic mass is 9.83. The smallest absolute Gasteiger partial charge is 0.160 e. The molecule has 1 unspecified atom stereocenters. The molecule has 1 atom stereocenters. The molecule has 0 aliphatic heterocycles. The summed E-state index contributed by atoms with van der Waals surface area (Å²) < 4.78 is 6.02. The molecule has 4 nitrogen and oxygen atoms in total. The van der Waals surface area contributed by atoms with Crippen LogP contribution in [0.15, 0.2) is 6.20 Å². The van der Waals surface area contributed by atoms with Crippen LogP contribution in [0.4, 0.5) is 0 Å². The summed E-state index contributed by atoms with van der Waals surface area (Å²) in [7, 11) is 0. The van der Waals surface area contributed by atoms with Gasteiger partial charge in [-0.05, 0) is 33.6 Å². The Morgan fingerprint density at radius 3 is 2.58 bits per heavy atom. The zero-order chi connectivity index (χ0) is 13.9. The molecule has 1 saturated carbocycles. The van der Waals surface area contributed by atoms with E-state index >= 15 is 0 Å². The van der Waals surface area contributed by atoms with Gasteiger partial charge in [-0.15, -0.1) is 0 Å². The molecule has 0 aromatic carbocycles. The summed E-state index contributed by atoms with van der Waals surface area (Å²) >= 11 is 0. The Bertz CT molecular complexity index is 421.